The van der Waals surface area contributed by atoms with Crippen LogP contribution in [0.25, 0.3) is 11.1 Å². The molecule has 1 saturated heterocycles. The minimum absolute atomic E-state index is 0.0313. The van der Waals surface area contributed by atoms with Crippen LogP contribution in [0.4, 0.5) is 0 Å². The van der Waals surface area contributed by atoms with Crippen LogP contribution in [0, 0.1) is 5.21 Å². The highest BCUT2D eigenvalue weighted by molar-refractivity contribution is 7.99. The number of pyridine rings is 1. The van der Waals surface area contributed by atoms with Crippen molar-refractivity contribution in [1.82, 2.24) is 10.8 Å². The molecule has 0 aliphatic carbocycles. The highest BCUT2D eigenvalue weighted by Crippen LogP contribution is 2.39. The topological polar surface area (TPSA) is 144 Å². The van der Waals surface area contributed by atoms with Crippen molar-refractivity contribution >= 4 is 23.6 Å². The van der Waals surface area contributed by atoms with Crippen molar-refractivity contribution in [2.75, 3.05) is 5.75 Å². The van der Waals surface area contributed by atoms with Gasteiger partial charge < -0.3 is 25.1 Å². The number of aliphatic hydroxyl groups is 1. The number of rotatable bonds is 13. The molecule has 3 aromatic carbocycles. The fraction of sp³-hybridized carbons (Fsp3) is 0.286. The first kappa shape index (κ1) is 33.1. The summed E-state index contributed by atoms with van der Waals surface area (Å²) in [6.45, 7) is 0.301. The Morgan fingerprint density at radius 3 is 2.35 bits per heavy atom. The lowest BCUT2D eigenvalue weighted by Crippen LogP contribution is -2.32. The van der Waals surface area contributed by atoms with Crippen molar-refractivity contribution in [3.8, 4) is 11.1 Å². The molecule has 0 unspecified atom stereocenters. The number of aliphatic hydroxyl groups excluding tert-OH is 1. The van der Waals surface area contributed by atoms with Crippen molar-refractivity contribution in [1.29, 1.82) is 0 Å². The lowest BCUT2D eigenvalue weighted by Gasteiger charge is -2.36. The predicted molar refractivity (Wildman–Crippen MR) is 172 cm³/mol. The first-order valence-electron chi connectivity index (χ1n) is 15.1. The van der Waals surface area contributed by atoms with Crippen LogP contribution in [0.1, 0.15) is 60.3 Å². The van der Waals surface area contributed by atoms with E-state index < -0.39 is 12.2 Å². The van der Waals surface area contributed by atoms with Gasteiger partial charge in [-0.25, -0.2) is 5.48 Å². The number of nitrogens with one attached hydrogen (secondary N) is 2. The molecule has 1 fully saturated rings. The molecule has 2 amide bonds. The third-order valence-corrected chi connectivity index (χ3v) is 8.89. The Balaban J connectivity index is 1.28. The van der Waals surface area contributed by atoms with Crippen LogP contribution in [-0.4, -0.2) is 34.0 Å². The average Bonchev–Trinajstić information content (AvgIpc) is 3.10. The van der Waals surface area contributed by atoms with E-state index in [-0.39, 0.29) is 37.6 Å². The Morgan fingerprint density at radius 1 is 0.891 bits per heavy atom. The number of benzene rings is 3. The first-order valence-corrected chi connectivity index (χ1v) is 16.1. The zero-order valence-corrected chi connectivity index (χ0v) is 26.0. The molecular formula is C35H37N3O7S. The number of hydroxylamine groups is 1. The number of carbonyl (C=O) groups excluding carboxylic acids is 2. The number of aromatic nitrogens is 1. The zero-order valence-electron chi connectivity index (χ0n) is 25.2. The second-order valence-electron chi connectivity index (χ2n) is 11.0. The van der Waals surface area contributed by atoms with E-state index in [1.807, 2.05) is 78.9 Å². The van der Waals surface area contributed by atoms with Crippen molar-refractivity contribution < 1.29 is 34.1 Å². The summed E-state index contributed by atoms with van der Waals surface area (Å²) in [6.07, 6.45) is 1.63. The van der Waals surface area contributed by atoms with Gasteiger partial charge in [0, 0.05) is 49.3 Å². The third kappa shape index (κ3) is 8.93. The molecule has 0 spiro atoms. The highest BCUT2D eigenvalue weighted by Gasteiger charge is 2.32. The second kappa shape index (κ2) is 16.3. The van der Waals surface area contributed by atoms with Crippen LogP contribution >= 0.6 is 11.8 Å². The molecule has 2 heterocycles. The fourth-order valence-corrected chi connectivity index (χ4v) is 6.18. The van der Waals surface area contributed by atoms with Gasteiger partial charge in [-0.3, -0.25) is 14.8 Å². The van der Waals surface area contributed by atoms with Crippen LogP contribution in [-0.2, 0) is 32.2 Å². The van der Waals surface area contributed by atoms with Gasteiger partial charge in [-0.1, -0.05) is 84.6 Å². The van der Waals surface area contributed by atoms with Gasteiger partial charge in [-0.15, -0.1) is 0 Å². The highest BCUT2D eigenvalue weighted by atomic mass is 32.2. The summed E-state index contributed by atoms with van der Waals surface area (Å²) in [6, 6.07) is 28.8. The van der Waals surface area contributed by atoms with E-state index in [4.69, 9.17) is 14.7 Å². The van der Waals surface area contributed by atoms with Gasteiger partial charge in [-0.2, -0.15) is 4.73 Å². The molecule has 4 aromatic rings. The molecule has 5 rings (SSSR count). The standard InChI is InChI=1S/C35H37N3O7S/c39-22-24-11-13-26(14-12-24)31-20-29(23-46-34-10-3-4-19-38(34)43)44-35(45-31)27-17-15-25(16-18-27)30-7-2-1-6-28(30)21-36-32(40)8-5-9-33(41)37-42/h1-4,6-7,10-19,29,31,35,39,42H,5,8-9,20-23H2,(H,36,40)(H,37,41)/t29-,31+,35+/m0/s1. The number of hydrogen-bond acceptors (Lipinski definition) is 8. The summed E-state index contributed by atoms with van der Waals surface area (Å²) >= 11 is 1.45. The molecule has 10 nitrogen and oxygen atoms in total. The maximum absolute atomic E-state index is 12.3. The number of hydrogen-bond donors (Lipinski definition) is 4. The molecule has 0 saturated carbocycles. The van der Waals surface area contributed by atoms with Crippen molar-refractivity contribution in [2.24, 2.45) is 0 Å². The van der Waals surface area contributed by atoms with Gasteiger partial charge in [-0.05, 0) is 40.3 Å². The van der Waals surface area contributed by atoms with Gasteiger partial charge in [0.05, 0.1) is 18.8 Å². The van der Waals surface area contributed by atoms with E-state index in [0.717, 1.165) is 38.1 Å². The molecule has 240 valence electrons. The molecule has 1 aliphatic heterocycles. The summed E-state index contributed by atoms with van der Waals surface area (Å²) in [7, 11) is 0. The van der Waals surface area contributed by atoms with E-state index in [1.54, 1.807) is 17.6 Å². The second-order valence-corrected chi connectivity index (χ2v) is 12.0. The van der Waals surface area contributed by atoms with Crippen LogP contribution in [0.2, 0.25) is 0 Å². The number of nitrogens with zero attached hydrogens (tertiary/aromatic N) is 1. The van der Waals surface area contributed by atoms with Gasteiger partial charge in [0.15, 0.2) is 12.5 Å². The van der Waals surface area contributed by atoms with Crippen LogP contribution < -0.4 is 15.5 Å². The summed E-state index contributed by atoms with van der Waals surface area (Å²) in [5.41, 5.74) is 7.13. The van der Waals surface area contributed by atoms with Crippen LogP contribution in [0.3, 0.4) is 0 Å². The molecule has 46 heavy (non-hydrogen) atoms. The lowest BCUT2D eigenvalue weighted by molar-refractivity contribution is -0.645. The Labute approximate surface area is 271 Å². The number of ether oxygens (including phenoxy) is 2. The van der Waals surface area contributed by atoms with Crippen molar-refractivity contribution in [2.45, 2.75) is 62.4 Å². The molecule has 1 aromatic heterocycles. The molecule has 4 N–H and O–H groups in total. The van der Waals surface area contributed by atoms with E-state index in [2.05, 4.69) is 5.32 Å². The number of amides is 2. The SMILES string of the molecule is O=C(CCCC(=O)NCc1ccccc1-c1ccc([C@@H]2O[C@H](CSc3cccc[n+]3[O-])C[C@H](c3ccc(CO)cc3)O2)cc1)NO. The molecule has 1 aliphatic rings. The summed E-state index contributed by atoms with van der Waals surface area (Å²) in [5, 5.41) is 33.8. The summed E-state index contributed by atoms with van der Waals surface area (Å²) in [5.74, 6) is -0.118. The summed E-state index contributed by atoms with van der Waals surface area (Å²) in [4.78, 5) is 23.5. The van der Waals surface area contributed by atoms with Crippen molar-refractivity contribution in [3.63, 3.8) is 0 Å². The van der Waals surface area contributed by atoms with Gasteiger partial charge in [0.25, 0.3) is 5.03 Å². The number of thioether (sulfide) groups is 1. The molecule has 3 atom stereocenters. The Hall–Kier alpha value is -4.26. The quantitative estimate of drug-likeness (QED) is 0.0518. The molecule has 0 bridgehead atoms. The van der Waals surface area contributed by atoms with E-state index >= 15 is 0 Å². The third-order valence-electron chi connectivity index (χ3n) is 7.74. The zero-order chi connectivity index (χ0) is 32.3. The fourth-order valence-electron chi connectivity index (χ4n) is 5.25. The minimum Gasteiger partial charge on any atom is -0.618 e. The van der Waals surface area contributed by atoms with Gasteiger partial charge in [0.2, 0.25) is 11.8 Å². The maximum atomic E-state index is 12.3. The van der Waals surface area contributed by atoms with E-state index in [1.165, 1.54) is 18.0 Å². The van der Waals surface area contributed by atoms with Crippen LogP contribution in [0.15, 0.2) is 102 Å². The Bertz CT molecular complexity index is 1600. The van der Waals surface area contributed by atoms with Crippen LogP contribution in [0.5, 0.6) is 0 Å². The van der Waals surface area contributed by atoms with Crippen molar-refractivity contribution in [3.05, 3.63) is 125 Å². The van der Waals surface area contributed by atoms with Gasteiger partial charge in [0.1, 0.15) is 0 Å². The predicted octanol–water partition coefficient (Wildman–Crippen LogP) is 5.11. The van der Waals surface area contributed by atoms with Gasteiger partial charge >= 0.3 is 0 Å². The smallest absolute Gasteiger partial charge is 0.251 e. The minimum atomic E-state index is -0.631. The molecular weight excluding hydrogens is 606 g/mol. The number of carbonyl (C=O) groups is 2. The largest absolute Gasteiger partial charge is 0.618 e. The molecule has 11 heteroatoms. The van der Waals surface area contributed by atoms with E-state index in [0.29, 0.717) is 30.2 Å². The Kier molecular flexibility index (Phi) is 11.8. The Morgan fingerprint density at radius 2 is 1.61 bits per heavy atom. The average molecular weight is 644 g/mol. The molecule has 0 radical (unpaired) electrons. The normalized spacial score (nSPS) is 17.7. The first-order chi connectivity index (χ1) is 22.4. The van der Waals surface area contributed by atoms with E-state index in [9.17, 15) is 19.9 Å². The monoisotopic (exact) mass is 643 g/mol. The maximum Gasteiger partial charge on any atom is 0.251 e. The lowest BCUT2D eigenvalue weighted by atomic mass is 9.97. The summed E-state index contributed by atoms with van der Waals surface area (Å²) < 4.78 is 13.8.